The lowest BCUT2D eigenvalue weighted by Gasteiger charge is -2.05. The van der Waals surface area contributed by atoms with E-state index in [4.69, 9.17) is 5.73 Å². The summed E-state index contributed by atoms with van der Waals surface area (Å²) in [6, 6.07) is 9.63. The summed E-state index contributed by atoms with van der Waals surface area (Å²) in [5.41, 5.74) is 8.34. The van der Waals surface area contributed by atoms with Crippen molar-refractivity contribution in [2.45, 2.75) is 33.2 Å². The smallest absolute Gasteiger partial charge is 0.131 e. The first-order valence-electron chi connectivity index (χ1n) is 6.57. The molecule has 19 heavy (non-hydrogen) atoms. The second-order valence-corrected chi connectivity index (χ2v) is 4.41. The lowest BCUT2D eigenvalue weighted by Crippen LogP contribution is -2.05. The van der Waals surface area contributed by atoms with Gasteiger partial charge in [-0.3, -0.25) is 0 Å². The van der Waals surface area contributed by atoms with E-state index in [9.17, 15) is 5.26 Å². The van der Waals surface area contributed by atoms with Gasteiger partial charge in [0.05, 0.1) is 11.6 Å². The number of nitriles is 1. The van der Waals surface area contributed by atoms with E-state index in [2.05, 4.69) is 24.9 Å². The fraction of sp³-hybridized carbons (Fsp3) is 0.333. The Balaban J connectivity index is 2.60. The first kappa shape index (κ1) is 13.2. The van der Waals surface area contributed by atoms with Crippen LogP contribution in [0.4, 0.5) is 5.82 Å². The average Bonchev–Trinajstić information content (AvgIpc) is 2.75. The molecule has 2 N–H and O–H groups in total. The van der Waals surface area contributed by atoms with Gasteiger partial charge in [-0.25, -0.2) is 4.98 Å². The Morgan fingerprint density at radius 2 is 2.05 bits per heavy atom. The molecule has 0 atom stereocenters. The number of hydrogen-bond donors (Lipinski definition) is 1. The number of benzene rings is 1. The van der Waals surface area contributed by atoms with Gasteiger partial charge in [0.1, 0.15) is 17.3 Å². The number of hydrogen-bond acceptors (Lipinski definition) is 3. The SMILES string of the molecule is CCCc1nc(-c2ccccc2C#N)c(N)n1CC. The monoisotopic (exact) mass is 254 g/mol. The number of nitrogens with two attached hydrogens (primary N) is 1. The predicted octanol–water partition coefficient (Wildman–Crippen LogP) is 2.98. The molecular weight excluding hydrogens is 236 g/mol. The highest BCUT2D eigenvalue weighted by Crippen LogP contribution is 2.29. The summed E-state index contributed by atoms with van der Waals surface area (Å²) in [7, 11) is 0. The van der Waals surface area contributed by atoms with Crippen molar-refractivity contribution in [3.63, 3.8) is 0 Å². The van der Waals surface area contributed by atoms with Crippen LogP contribution in [-0.2, 0) is 13.0 Å². The van der Waals surface area contributed by atoms with Crippen LogP contribution >= 0.6 is 0 Å². The van der Waals surface area contributed by atoms with Gasteiger partial charge in [0.15, 0.2) is 0 Å². The molecule has 98 valence electrons. The number of nitrogens with zero attached hydrogens (tertiary/aromatic N) is 3. The number of aromatic nitrogens is 2. The number of aryl methyl sites for hydroxylation is 1. The molecule has 0 aliphatic rings. The third-order valence-corrected chi connectivity index (χ3v) is 3.18. The molecule has 0 saturated carbocycles. The van der Waals surface area contributed by atoms with Crippen molar-refractivity contribution in [2.75, 3.05) is 5.73 Å². The van der Waals surface area contributed by atoms with E-state index < -0.39 is 0 Å². The van der Waals surface area contributed by atoms with Crippen molar-refractivity contribution >= 4 is 5.82 Å². The van der Waals surface area contributed by atoms with E-state index in [0.717, 1.165) is 36.5 Å². The maximum atomic E-state index is 9.18. The molecule has 0 amide bonds. The largest absolute Gasteiger partial charge is 0.383 e. The van der Waals surface area contributed by atoms with Crippen molar-refractivity contribution in [2.24, 2.45) is 0 Å². The van der Waals surface area contributed by atoms with E-state index >= 15 is 0 Å². The topological polar surface area (TPSA) is 67.6 Å². The molecule has 0 aliphatic carbocycles. The van der Waals surface area contributed by atoms with Gasteiger partial charge in [-0.05, 0) is 19.4 Å². The Labute approximate surface area is 113 Å². The second-order valence-electron chi connectivity index (χ2n) is 4.41. The molecule has 0 spiro atoms. The molecule has 1 heterocycles. The lowest BCUT2D eigenvalue weighted by molar-refractivity contribution is 0.690. The Morgan fingerprint density at radius 3 is 2.68 bits per heavy atom. The average molecular weight is 254 g/mol. The maximum absolute atomic E-state index is 9.18. The van der Waals surface area contributed by atoms with E-state index in [1.807, 2.05) is 22.8 Å². The summed E-state index contributed by atoms with van der Waals surface area (Å²) in [6.45, 7) is 4.97. The minimum Gasteiger partial charge on any atom is -0.383 e. The van der Waals surface area contributed by atoms with Crippen LogP contribution in [0, 0.1) is 11.3 Å². The minimum absolute atomic E-state index is 0.609. The van der Waals surface area contributed by atoms with Crippen LogP contribution in [0.1, 0.15) is 31.7 Å². The highest BCUT2D eigenvalue weighted by Gasteiger charge is 2.16. The van der Waals surface area contributed by atoms with Gasteiger partial charge in [-0.15, -0.1) is 0 Å². The van der Waals surface area contributed by atoms with Gasteiger partial charge < -0.3 is 10.3 Å². The lowest BCUT2D eigenvalue weighted by atomic mass is 10.1. The molecule has 4 nitrogen and oxygen atoms in total. The molecule has 0 saturated heterocycles. The summed E-state index contributed by atoms with van der Waals surface area (Å²) in [4.78, 5) is 4.64. The zero-order valence-corrected chi connectivity index (χ0v) is 11.3. The Morgan fingerprint density at radius 1 is 1.32 bits per heavy atom. The van der Waals surface area contributed by atoms with Gasteiger partial charge in [-0.1, -0.05) is 25.1 Å². The standard InChI is InChI=1S/C15H18N4/c1-3-7-13-18-14(15(17)19(13)4-2)12-9-6-5-8-11(12)10-16/h5-6,8-9H,3-4,7,17H2,1-2H3. The minimum atomic E-state index is 0.609. The van der Waals surface area contributed by atoms with E-state index in [-0.39, 0.29) is 0 Å². The van der Waals surface area contributed by atoms with Crippen LogP contribution in [0.25, 0.3) is 11.3 Å². The number of rotatable bonds is 4. The molecule has 0 bridgehead atoms. The van der Waals surface area contributed by atoms with Gasteiger partial charge in [0, 0.05) is 18.5 Å². The molecule has 1 aromatic heterocycles. The zero-order valence-electron chi connectivity index (χ0n) is 11.3. The van der Waals surface area contributed by atoms with Gasteiger partial charge in [0.2, 0.25) is 0 Å². The number of nitrogen functional groups attached to an aromatic ring is 1. The third kappa shape index (κ3) is 2.32. The maximum Gasteiger partial charge on any atom is 0.131 e. The van der Waals surface area contributed by atoms with Gasteiger partial charge in [-0.2, -0.15) is 5.26 Å². The molecule has 2 rings (SSSR count). The van der Waals surface area contributed by atoms with Crippen molar-refractivity contribution in [1.29, 1.82) is 5.26 Å². The fourth-order valence-electron chi connectivity index (χ4n) is 2.27. The van der Waals surface area contributed by atoms with E-state index in [1.54, 1.807) is 6.07 Å². The van der Waals surface area contributed by atoms with Crippen molar-refractivity contribution < 1.29 is 0 Å². The molecule has 2 aromatic rings. The van der Waals surface area contributed by atoms with E-state index in [0.29, 0.717) is 11.4 Å². The Bertz CT molecular complexity index is 620. The van der Waals surface area contributed by atoms with Crippen molar-refractivity contribution in [3.8, 4) is 17.3 Å². The highest BCUT2D eigenvalue weighted by molar-refractivity contribution is 5.75. The second kappa shape index (κ2) is 5.57. The normalized spacial score (nSPS) is 10.4. The molecule has 0 unspecified atom stereocenters. The quantitative estimate of drug-likeness (QED) is 0.912. The fourth-order valence-corrected chi connectivity index (χ4v) is 2.27. The molecule has 1 aromatic carbocycles. The summed E-state index contributed by atoms with van der Waals surface area (Å²) in [5, 5.41) is 9.18. The molecule has 0 radical (unpaired) electrons. The van der Waals surface area contributed by atoms with Gasteiger partial charge >= 0.3 is 0 Å². The molecule has 0 fully saturated rings. The third-order valence-electron chi connectivity index (χ3n) is 3.18. The summed E-state index contributed by atoms with van der Waals surface area (Å²) in [6.07, 6.45) is 1.92. The van der Waals surface area contributed by atoms with Crippen LogP contribution in [0.5, 0.6) is 0 Å². The van der Waals surface area contributed by atoms with Crippen LogP contribution < -0.4 is 5.73 Å². The van der Waals surface area contributed by atoms with Crippen LogP contribution in [-0.4, -0.2) is 9.55 Å². The number of anilines is 1. The highest BCUT2D eigenvalue weighted by atomic mass is 15.1. The van der Waals surface area contributed by atoms with E-state index in [1.165, 1.54) is 0 Å². The van der Waals surface area contributed by atoms with Crippen LogP contribution in [0.15, 0.2) is 24.3 Å². The zero-order chi connectivity index (χ0) is 13.8. The molecule has 0 aliphatic heterocycles. The summed E-state index contributed by atoms with van der Waals surface area (Å²) >= 11 is 0. The predicted molar refractivity (Wildman–Crippen MR) is 76.5 cm³/mol. The van der Waals surface area contributed by atoms with Crippen LogP contribution in [0.3, 0.4) is 0 Å². The van der Waals surface area contributed by atoms with Crippen molar-refractivity contribution in [3.05, 3.63) is 35.7 Å². The Kier molecular flexibility index (Phi) is 3.86. The Hall–Kier alpha value is -2.28. The summed E-state index contributed by atoms with van der Waals surface area (Å²) < 4.78 is 2.02. The van der Waals surface area contributed by atoms with Gasteiger partial charge in [0.25, 0.3) is 0 Å². The number of imidazole rings is 1. The first-order valence-corrected chi connectivity index (χ1v) is 6.57. The van der Waals surface area contributed by atoms with Crippen molar-refractivity contribution in [1.82, 2.24) is 9.55 Å². The molecule has 4 heteroatoms. The summed E-state index contributed by atoms with van der Waals surface area (Å²) in [5.74, 6) is 1.64. The molecular formula is C15H18N4. The first-order chi connectivity index (χ1) is 9.22. The van der Waals surface area contributed by atoms with Crippen LogP contribution in [0.2, 0.25) is 0 Å².